The van der Waals surface area contributed by atoms with Crippen LogP contribution in [0.5, 0.6) is 0 Å². The minimum atomic E-state index is -3.62. The van der Waals surface area contributed by atoms with E-state index in [-0.39, 0.29) is 0 Å². The monoisotopic (exact) mass is 199 g/mol. The molecule has 0 fully saturated rings. The van der Waals surface area contributed by atoms with Crippen molar-refractivity contribution < 1.29 is 8.42 Å². The van der Waals surface area contributed by atoms with Gasteiger partial charge in [-0.25, -0.2) is 5.14 Å². The van der Waals surface area contributed by atoms with Crippen molar-refractivity contribution in [2.24, 2.45) is 5.14 Å². The Hall–Kier alpha value is -1.14. The van der Waals surface area contributed by atoms with Gasteiger partial charge in [0.05, 0.1) is 11.4 Å². The highest BCUT2D eigenvalue weighted by molar-refractivity contribution is 7.90. The van der Waals surface area contributed by atoms with Gasteiger partial charge in [0, 0.05) is 19.2 Å². The van der Waals surface area contributed by atoms with Gasteiger partial charge in [-0.05, 0) is 12.1 Å². The van der Waals surface area contributed by atoms with Gasteiger partial charge in [-0.3, -0.25) is 9.29 Å². The van der Waals surface area contributed by atoms with Gasteiger partial charge >= 0.3 is 0 Å². The van der Waals surface area contributed by atoms with Crippen molar-refractivity contribution in [1.29, 1.82) is 0 Å². The summed E-state index contributed by atoms with van der Waals surface area (Å²) < 4.78 is 23.3. The lowest BCUT2D eigenvalue weighted by Gasteiger charge is -2.14. The van der Waals surface area contributed by atoms with E-state index in [0.717, 1.165) is 5.69 Å². The topological polar surface area (TPSA) is 76.3 Å². The fourth-order valence-corrected chi connectivity index (χ4v) is 2.23. The van der Waals surface area contributed by atoms with Crippen molar-refractivity contribution >= 4 is 15.9 Å². The second-order valence-electron chi connectivity index (χ2n) is 2.84. The number of nitrogens with zero attached hydrogens (tertiary/aromatic N) is 2. The third-order valence-corrected chi connectivity index (χ3v) is 2.99. The van der Waals surface area contributed by atoms with E-state index in [9.17, 15) is 8.42 Å². The lowest BCUT2D eigenvalue weighted by atomic mass is 10.3. The van der Waals surface area contributed by atoms with Crippen LogP contribution in [0.25, 0.3) is 0 Å². The molecule has 2 heterocycles. The number of rotatable bonds is 1. The Labute approximate surface area is 76.4 Å². The van der Waals surface area contributed by atoms with Crippen molar-refractivity contribution in [3.05, 3.63) is 24.0 Å². The van der Waals surface area contributed by atoms with Gasteiger partial charge in [0.2, 0.25) is 0 Å². The summed E-state index contributed by atoms with van der Waals surface area (Å²) in [6.45, 7) is 0.394. The van der Waals surface area contributed by atoms with Crippen LogP contribution in [0.4, 0.5) is 5.69 Å². The SMILES string of the molecule is NS(=O)(=O)N1CCc2ncccc21. The number of aromatic nitrogens is 1. The van der Waals surface area contributed by atoms with E-state index in [0.29, 0.717) is 18.7 Å². The smallest absolute Gasteiger partial charge is 0.259 e. The average Bonchev–Trinajstić information content (AvgIpc) is 2.45. The largest absolute Gasteiger partial charge is 0.299 e. The summed E-state index contributed by atoms with van der Waals surface area (Å²) >= 11 is 0. The van der Waals surface area contributed by atoms with Gasteiger partial charge in [0.25, 0.3) is 10.2 Å². The molecule has 1 aromatic rings. The molecule has 0 bridgehead atoms. The summed E-state index contributed by atoms with van der Waals surface area (Å²) in [7, 11) is -3.62. The Morgan fingerprint density at radius 2 is 2.31 bits per heavy atom. The van der Waals surface area contributed by atoms with E-state index in [1.807, 2.05) is 0 Å². The third kappa shape index (κ3) is 1.38. The Balaban J connectivity index is 2.51. The van der Waals surface area contributed by atoms with Crippen LogP contribution in [0, 0.1) is 0 Å². The van der Waals surface area contributed by atoms with Crippen LogP contribution in [-0.2, 0) is 16.6 Å². The highest BCUT2D eigenvalue weighted by atomic mass is 32.2. The summed E-state index contributed by atoms with van der Waals surface area (Å²) in [5.74, 6) is 0. The van der Waals surface area contributed by atoms with E-state index in [2.05, 4.69) is 4.98 Å². The second-order valence-corrected chi connectivity index (χ2v) is 4.31. The van der Waals surface area contributed by atoms with Crippen LogP contribution in [0.2, 0.25) is 0 Å². The van der Waals surface area contributed by atoms with Crippen LogP contribution in [0.3, 0.4) is 0 Å². The summed E-state index contributed by atoms with van der Waals surface area (Å²) in [6.07, 6.45) is 2.28. The Bertz CT molecular complexity index is 429. The van der Waals surface area contributed by atoms with E-state index in [1.165, 1.54) is 4.31 Å². The molecule has 0 saturated heterocycles. The predicted molar refractivity (Wildman–Crippen MR) is 48.4 cm³/mol. The fraction of sp³-hybridized carbons (Fsp3) is 0.286. The zero-order chi connectivity index (χ0) is 9.47. The molecule has 2 N–H and O–H groups in total. The first-order chi connectivity index (χ1) is 6.09. The van der Waals surface area contributed by atoms with Gasteiger partial charge < -0.3 is 0 Å². The normalized spacial score (nSPS) is 15.9. The number of hydrogen-bond donors (Lipinski definition) is 1. The molecule has 0 atom stereocenters. The zero-order valence-corrected chi connectivity index (χ0v) is 7.66. The second kappa shape index (κ2) is 2.68. The maximum Gasteiger partial charge on any atom is 0.299 e. The molecule has 6 heteroatoms. The Morgan fingerprint density at radius 3 is 3.00 bits per heavy atom. The fourth-order valence-electron chi connectivity index (χ4n) is 1.44. The summed E-state index contributed by atoms with van der Waals surface area (Å²) in [5.41, 5.74) is 1.39. The molecule has 1 aromatic heterocycles. The quantitative estimate of drug-likeness (QED) is 0.671. The first-order valence-corrected chi connectivity index (χ1v) is 5.34. The molecule has 0 radical (unpaired) electrons. The molecule has 1 aliphatic rings. The van der Waals surface area contributed by atoms with Crippen molar-refractivity contribution in [3.8, 4) is 0 Å². The number of nitrogens with two attached hydrogens (primary N) is 1. The highest BCUT2D eigenvalue weighted by Gasteiger charge is 2.26. The van der Waals surface area contributed by atoms with Gasteiger partial charge in [0.1, 0.15) is 0 Å². The number of anilines is 1. The van der Waals surface area contributed by atoms with Crippen LogP contribution in [0.1, 0.15) is 5.69 Å². The summed E-state index contributed by atoms with van der Waals surface area (Å²) in [6, 6.07) is 3.40. The molecule has 0 amide bonds. The highest BCUT2D eigenvalue weighted by Crippen LogP contribution is 2.26. The maximum atomic E-state index is 11.1. The minimum Gasteiger partial charge on any atom is -0.259 e. The van der Waals surface area contributed by atoms with Crippen molar-refractivity contribution in [3.63, 3.8) is 0 Å². The van der Waals surface area contributed by atoms with E-state index < -0.39 is 10.2 Å². The summed E-state index contributed by atoms with van der Waals surface area (Å²) in [5, 5.41) is 5.03. The first kappa shape index (κ1) is 8.46. The molecular formula is C7H9N3O2S. The predicted octanol–water partition coefficient (Wildman–Crippen LogP) is -0.352. The average molecular weight is 199 g/mol. The van der Waals surface area contributed by atoms with Crippen molar-refractivity contribution in [2.45, 2.75) is 6.42 Å². The summed E-state index contributed by atoms with van der Waals surface area (Å²) in [4.78, 5) is 4.06. The standard InChI is InChI=1S/C7H9N3O2S/c8-13(11,12)10-5-3-6-7(10)2-1-4-9-6/h1-2,4H,3,5H2,(H2,8,11,12). The van der Waals surface area contributed by atoms with Gasteiger partial charge in [-0.15, -0.1) is 0 Å². The molecule has 0 saturated carbocycles. The number of pyridine rings is 1. The number of hydrogen-bond acceptors (Lipinski definition) is 3. The van der Waals surface area contributed by atoms with E-state index in [1.54, 1.807) is 18.3 Å². The van der Waals surface area contributed by atoms with Crippen LogP contribution >= 0.6 is 0 Å². The van der Waals surface area contributed by atoms with Crippen LogP contribution in [0.15, 0.2) is 18.3 Å². The van der Waals surface area contributed by atoms with Crippen molar-refractivity contribution in [2.75, 3.05) is 10.8 Å². The van der Waals surface area contributed by atoms with Gasteiger partial charge in [-0.1, -0.05) is 0 Å². The molecule has 2 rings (SSSR count). The Kier molecular flexibility index (Phi) is 1.74. The Morgan fingerprint density at radius 1 is 1.54 bits per heavy atom. The van der Waals surface area contributed by atoms with Crippen LogP contribution in [-0.4, -0.2) is 19.9 Å². The molecule has 5 nitrogen and oxygen atoms in total. The van der Waals surface area contributed by atoms with E-state index >= 15 is 0 Å². The lowest BCUT2D eigenvalue weighted by molar-refractivity contribution is 0.594. The van der Waals surface area contributed by atoms with Crippen molar-refractivity contribution in [1.82, 2.24) is 4.98 Å². The molecular weight excluding hydrogens is 190 g/mol. The molecule has 0 spiro atoms. The van der Waals surface area contributed by atoms with Crippen LogP contribution < -0.4 is 9.44 Å². The molecule has 0 aliphatic carbocycles. The lowest BCUT2D eigenvalue weighted by Crippen LogP contribution is -2.35. The number of fused-ring (bicyclic) bond motifs is 1. The zero-order valence-electron chi connectivity index (χ0n) is 6.84. The third-order valence-electron chi connectivity index (χ3n) is 1.99. The molecule has 0 aromatic carbocycles. The molecule has 0 unspecified atom stereocenters. The minimum absolute atomic E-state index is 0.394. The van der Waals surface area contributed by atoms with Gasteiger partial charge in [-0.2, -0.15) is 8.42 Å². The molecule has 13 heavy (non-hydrogen) atoms. The molecule has 70 valence electrons. The van der Waals surface area contributed by atoms with E-state index in [4.69, 9.17) is 5.14 Å². The van der Waals surface area contributed by atoms with Gasteiger partial charge in [0.15, 0.2) is 0 Å². The maximum absolute atomic E-state index is 11.1. The molecule has 1 aliphatic heterocycles. The first-order valence-electron chi connectivity index (χ1n) is 3.83.